The van der Waals surface area contributed by atoms with Gasteiger partial charge >= 0.3 is 0 Å². The smallest absolute Gasteiger partial charge is 0.0945 e. The Bertz CT molecular complexity index is 697. The Kier molecular flexibility index (Phi) is 3.74. The van der Waals surface area contributed by atoms with Crippen molar-refractivity contribution in [3.63, 3.8) is 0 Å². The molecular weight excluding hydrogens is 248 g/mol. The van der Waals surface area contributed by atoms with E-state index in [0.717, 1.165) is 25.0 Å². The van der Waals surface area contributed by atoms with Crippen molar-refractivity contribution < 1.29 is 0 Å². The summed E-state index contributed by atoms with van der Waals surface area (Å²) in [5, 5.41) is 4.66. The van der Waals surface area contributed by atoms with Crippen molar-refractivity contribution in [1.82, 2.24) is 19.9 Å². The second-order valence-corrected chi connectivity index (χ2v) is 4.91. The summed E-state index contributed by atoms with van der Waals surface area (Å²) in [6, 6.07) is 10.4. The fraction of sp³-hybridized carbons (Fsp3) is 0.250. The van der Waals surface area contributed by atoms with Gasteiger partial charge in [0.05, 0.1) is 17.5 Å². The number of imidazole rings is 1. The third kappa shape index (κ3) is 2.70. The Morgan fingerprint density at radius 3 is 2.95 bits per heavy atom. The first-order valence-corrected chi connectivity index (χ1v) is 6.83. The first-order chi connectivity index (χ1) is 9.84. The van der Waals surface area contributed by atoms with Crippen molar-refractivity contribution in [2.45, 2.75) is 13.0 Å². The zero-order valence-corrected chi connectivity index (χ0v) is 11.6. The van der Waals surface area contributed by atoms with Gasteiger partial charge < -0.3 is 9.88 Å². The SMILES string of the molecule is Cn1cncc1CNCCc1cccc2cccnc12. The van der Waals surface area contributed by atoms with Crippen LogP contribution in [0.2, 0.25) is 0 Å². The van der Waals surface area contributed by atoms with Crippen molar-refractivity contribution in [3.05, 3.63) is 60.3 Å². The molecule has 0 aliphatic rings. The fourth-order valence-corrected chi connectivity index (χ4v) is 2.36. The van der Waals surface area contributed by atoms with Gasteiger partial charge in [0, 0.05) is 31.4 Å². The minimum atomic E-state index is 0.842. The Balaban J connectivity index is 1.62. The highest BCUT2D eigenvalue weighted by Gasteiger charge is 2.02. The molecule has 0 spiro atoms. The van der Waals surface area contributed by atoms with Gasteiger partial charge in [0.1, 0.15) is 0 Å². The second kappa shape index (κ2) is 5.84. The van der Waals surface area contributed by atoms with Crippen molar-refractivity contribution in [2.75, 3.05) is 6.54 Å². The van der Waals surface area contributed by atoms with Crippen molar-refractivity contribution in [1.29, 1.82) is 0 Å². The number of benzene rings is 1. The molecule has 3 aromatic rings. The van der Waals surface area contributed by atoms with E-state index in [1.807, 2.05) is 36.4 Å². The highest BCUT2D eigenvalue weighted by atomic mass is 15.0. The number of aromatic nitrogens is 3. The monoisotopic (exact) mass is 266 g/mol. The topological polar surface area (TPSA) is 42.7 Å². The van der Waals surface area contributed by atoms with E-state index in [0.29, 0.717) is 0 Å². The quantitative estimate of drug-likeness (QED) is 0.721. The summed E-state index contributed by atoms with van der Waals surface area (Å²) in [6.45, 7) is 1.77. The lowest BCUT2D eigenvalue weighted by molar-refractivity contribution is 0.653. The molecule has 0 amide bonds. The Morgan fingerprint density at radius 1 is 1.20 bits per heavy atom. The van der Waals surface area contributed by atoms with Crippen LogP contribution in [0.5, 0.6) is 0 Å². The molecule has 2 heterocycles. The zero-order chi connectivity index (χ0) is 13.8. The first-order valence-electron chi connectivity index (χ1n) is 6.83. The van der Waals surface area contributed by atoms with Crippen molar-refractivity contribution in [2.24, 2.45) is 7.05 Å². The Morgan fingerprint density at radius 2 is 2.10 bits per heavy atom. The van der Waals surface area contributed by atoms with Gasteiger partial charge in [-0.05, 0) is 24.6 Å². The standard InChI is InChI=1S/C16H18N4/c1-20-12-18-11-15(20)10-17-9-7-14-5-2-4-13-6-3-8-19-16(13)14/h2-6,8,11-12,17H,7,9-10H2,1H3. The number of rotatable bonds is 5. The van der Waals surface area contributed by atoms with E-state index in [1.54, 1.807) is 0 Å². The van der Waals surface area contributed by atoms with Gasteiger partial charge in [-0.15, -0.1) is 0 Å². The normalized spacial score (nSPS) is 11.1. The number of nitrogens with one attached hydrogen (secondary N) is 1. The summed E-state index contributed by atoms with van der Waals surface area (Å²) in [7, 11) is 2.01. The van der Waals surface area contributed by atoms with E-state index in [9.17, 15) is 0 Å². The minimum absolute atomic E-state index is 0.842. The summed E-state index contributed by atoms with van der Waals surface area (Å²) in [6.07, 6.45) is 6.55. The summed E-state index contributed by atoms with van der Waals surface area (Å²) in [4.78, 5) is 8.59. The molecule has 0 fully saturated rings. The molecule has 0 radical (unpaired) electrons. The molecule has 0 saturated carbocycles. The minimum Gasteiger partial charge on any atom is -0.337 e. The molecule has 0 bridgehead atoms. The largest absolute Gasteiger partial charge is 0.337 e. The van der Waals surface area contributed by atoms with Crippen molar-refractivity contribution in [3.8, 4) is 0 Å². The van der Waals surface area contributed by atoms with Gasteiger partial charge in [-0.3, -0.25) is 4.98 Å². The fourth-order valence-electron chi connectivity index (χ4n) is 2.36. The van der Waals surface area contributed by atoms with Crippen LogP contribution in [0.25, 0.3) is 10.9 Å². The van der Waals surface area contributed by atoms with Crippen LogP contribution in [0.1, 0.15) is 11.3 Å². The molecule has 2 aromatic heterocycles. The maximum atomic E-state index is 4.48. The van der Waals surface area contributed by atoms with Crippen LogP contribution in [-0.2, 0) is 20.0 Å². The van der Waals surface area contributed by atoms with Crippen molar-refractivity contribution >= 4 is 10.9 Å². The third-order valence-electron chi connectivity index (χ3n) is 3.51. The van der Waals surface area contributed by atoms with Gasteiger partial charge in [0.25, 0.3) is 0 Å². The van der Waals surface area contributed by atoms with Gasteiger partial charge in [-0.2, -0.15) is 0 Å². The van der Waals surface area contributed by atoms with Crippen LogP contribution in [0.15, 0.2) is 49.1 Å². The van der Waals surface area contributed by atoms with E-state index in [1.165, 1.54) is 16.6 Å². The summed E-state index contributed by atoms with van der Waals surface area (Å²) in [5.41, 5.74) is 3.60. The number of aryl methyl sites for hydroxylation is 1. The molecule has 102 valence electrons. The lowest BCUT2D eigenvalue weighted by atomic mass is 10.1. The molecule has 0 saturated heterocycles. The average molecular weight is 266 g/mol. The molecule has 1 N–H and O–H groups in total. The van der Waals surface area contributed by atoms with Crippen LogP contribution in [0.4, 0.5) is 0 Å². The summed E-state index contributed by atoms with van der Waals surface area (Å²) in [5.74, 6) is 0. The van der Waals surface area contributed by atoms with E-state index in [2.05, 4.69) is 39.6 Å². The van der Waals surface area contributed by atoms with E-state index < -0.39 is 0 Å². The van der Waals surface area contributed by atoms with Gasteiger partial charge in [-0.25, -0.2) is 4.98 Å². The van der Waals surface area contributed by atoms with E-state index in [4.69, 9.17) is 0 Å². The third-order valence-corrected chi connectivity index (χ3v) is 3.51. The summed E-state index contributed by atoms with van der Waals surface area (Å²) >= 11 is 0. The molecule has 0 unspecified atom stereocenters. The maximum Gasteiger partial charge on any atom is 0.0945 e. The van der Waals surface area contributed by atoms with E-state index >= 15 is 0 Å². The predicted octanol–water partition coefficient (Wildman–Crippen LogP) is 2.30. The molecule has 4 heteroatoms. The number of pyridine rings is 1. The number of nitrogens with zero attached hydrogens (tertiary/aromatic N) is 3. The number of para-hydroxylation sites is 1. The molecule has 0 aliphatic carbocycles. The van der Waals surface area contributed by atoms with Crippen LogP contribution in [0.3, 0.4) is 0 Å². The van der Waals surface area contributed by atoms with Crippen LogP contribution < -0.4 is 5.32 Å². The number of fused-ring (bicyclic) bond motifs is 1. The Hall–Kier alpha value is -2.20. The van der Waals surface area contributed by atoms with Gasteiger partial charge in [0.15, 0.2) is 0 Å². The molecule has 0 atom stereocenters. The molecule has 1 aromatic carbocycles. The van der Waals surface area contributed by atoms with E-state index in [-0.39, 0.29) is 0 Å². The molecular formula is C16H18N4. The van der Waals surface area contributed by atoms with Crippen LogP contribution >= 0.6 is 0 Å². The van der Waals surface area contributed by atoms with Gasteiger partial charge in [-0.1, -0.05) is 24.3 Å². The van der Waals surface area contributed by atoms with Crippen LogP contribution in [-0.4, -0.2) is 21.1 Å². The number of hydrogen-bond acceptors (Lipinski definition) is 3. The van der Waals surface area contributed by atoms with Crippen LogP contribution in [0, 0.1) is 0 Å². The molecule has 3 rings (SSSR count). The predicted molar refractivity (Wildman–Crippen MR) is 80.4 cm³/mol. The second-order valence-electron chi connectivity index (χ2n) is 4.91. The molecule has 0 aliphatic heterocycles. The average Bonchev–Trinajstić information content (AvgIpc) is 2.89. The zero-order valence-electron chi connectivity index (χ0n) is 11.6. The highest BCUT2D eigenvalue weighted by molar-refractivity contribution is 5.81. The Labute approximate surface area is 118 Å². The summed E-state index contributed by atoms with van der Waals surface area (Å²) < 4.78 is 2.03. The lowest BCUT2D eigenvalue weighted by Crippen LogP contribution is -2.18. The molecule has 4 nitrogen and oxygen atoms in total. The lowest BCUT2D eigenvalue weighted by Gasteiger charge is -2.07. The first kappa shape index (κ1) is 12.8. The van der Waals surface area contributed by atoms with Gasteiger partial charge in [0.2, 0.25) is 0 Å². The maximum absolute atomic E-state index is 4.48. The molecule has 20 heavy (non-hydrogen) atoms. The number of hydrogen-bond donors (Lipinski definition) is 1. The highest BCUT2D eigenvalue weighted by Crippen LogP contribution is 2.15.